The van der Waals surface area contributed by atoms with Gasteiger partial charge in [0.1, 0.15) is 16.9 Å². The molecule has 3 aromatic heterocycles. The number of aryl methyl sites for hydroxylation is 1. The van der Waals surface area contributed by atoms with Crippen LogP contribution >= 0.6 is 0 Å². The molecule has 0 N–H and O–H groups in total. The van der Waals surface area contributed by atoms with Gasteiger partial charge in [0.15, 0.2) is 5.58 Å². The van der Waals surface area contributed by atoms with Gasteiger partial charge in [-0.15, -0.1) is 0 Å². The molecule has 5 aromatic carbocycles. The lowest BCUT2D eigenvalue weighted by Crippen LogP contribution is -2.13. The summed E-state index contributed by atoms with van der Waals surface area (Å²) in [6, 6.07) is 42.8. The van der Waals surface area contributed by atoms with Crippen molar-refractivity contribution in [1.82, 2.24) is 14.5 Å². The van der Waals surface area contributed by atoms with E-state index in [1.54, 1.807) is 0 Å². The van der Waals surface area contributed by atoms with Gasteiger partial charge in [0.25, 0.3) is 0 Å². The van der Waals surface area contributed by atoms with E-state index in [1.807, 2.05) is 18.3 Å². The van der Waals surface area contributed by atoms with Crippen LogP contribution in [0, 0.1) is 6.92 Å². The van der Waals surface area contributed by atoms with Gasteiger partial charge in [0.2, 0.25) is 0 Å². The molecule has 3 heterocycles. The lowest BCUT2D eigenvalue weighted by Gasteiger charge is -2.26. The second-order valence-electron chi connectivity index (χ2n) is 12.7. The highest BCUT2D eigenvalue weighted by atomic mass is 16.3. The molecule has 45 heavy (non-hydrogen) atoms. The molecule has 0 spiro atoms. The largest absolute Gasteiger partial charge is 0.454 e. The smallest absolute Gasteiger partial charge is 0.153 e. The first kappa shape index (κ1) is 27.1. The zero-order valence-corrected chi connectivity index (χ0v) is 25.9. The van der Waals surface area contributed by atoms with Crippen molar-refractivity contribution in [2.75, 3.05) is 0 Å². The molecule has 0 saturated carbocycles. The predicted molar refractivity (Wildman–Crippen MR) is 186 cm³/mol. The Morgan fingerprint density at radius 3 is 1.98 bits per heavy atom. The van der Waals surface area contributed by atoms with Crippen molar-refractivity contribution in [2.24, 2.45) is 0 Å². The molecular formula is C41H33N3O. The molecule has 0 aliphatic heterocycles. The molecule has 0 unspecified atom stereocenters. The van der Waals surface area contributed by atoms with Crippen LogP contribution in [0.2, 0.25) is 0 Å². The third kappa shape index (κ3) is 4.44. The standard InChI is InChI=1S/C41H33N3O/c1-26-21-22-30(39-36(26)37-35(45-39)20-13-23-42-37)40-43-33-18-11-12-19-34(33)44(40)38-31(27-14-7-5-8-15-27)24-29(41(2,3)4)25-32(38)28-16-9-6-10-17-28/h5-25H,1-4H3. The summed E-state index contributed by atoms with van der Waals surface area (Å²) in [6.45, 7) is 8.96. The molecule has 0 amide bonds. The molecule has 0 aliphatic rings. The molecule has 4 heteroatoms. The van der Waals surface area contributed by atoms with Crippen LogP contribution in [0.25, 0.3) is 72.4 Å². The summed E-state index contributed by atoms with van der Waals surface area (Å²) >= 11 is 0. The van der Waals surface area contributed by atoms with Crippen LogP contribution in [0.5, 0.6) is 0 Å². The topological polar surface area (TPSA) is 43.9 Å². The van der Waals surface area contributed by atoms with E-state index >= 15 is 0 Å². The Hall–Kier alpha value is -5.48. The first-order chi connectivity index (χ1) is 21.9. The fourth-order valence-corrected chi connectivity index (χ4v) is 6.45. The average molecular weight is 584 g/mol. The van der Waals surface area contributed by atoms with E-state index < -0.39 is 0 Å². The highest BCUT2D eigenvalue weighted by molar-refractivity contribution is 6.09. The monoisotopic (exact) mass is 583 g/mol. The molecule has 0 atom stereocenters. The van der Waals surface area contributed by atoms with Gasteiger partial charge in [-0.05, 0) is 77.1 Å². The number of imidazole rings is 1. The molecule has 218 valence electrons. The third-order valence-corrected chi connectivity index (χ3v) is 8.76. The molecule has 0 aliphatic carbocycles. The molecule has 8 aromatic rings. The molecule has 0 fully saturated rings. The maximum atomic E-state index is 6.58. The van der Waals surface area contributed by atoms with Crippen LogP contribution in [-0.2, 0) is 5.41 Å². The van der Waals surface area contributed by atoms with Crippen LogP contribution in [-0.4, -0.2) is 14.5 Å². The maximum Gasteiger partial charge on any atom is 0.153 e. The van der Waals surface area contributed by atoms with Crippen molar-refractivity contribution in [1.29, 1.82) is 0 Å². The van der Waals surface area contributed by atoms with Gasteiger partial charge >= 0.3 is 0 Å². The van der Waals surface area contributed by atoms with E-state index in [9.17, 15) is 0 Å². The number of hydrogen-bond acceptors (Lipinski definition) is 3. The van der Waals surface area contributed by atoms with Crippen molar-refractivity contribution in [2.45, 2.75) is 33.1 Å². The highest BCUT2D eigenvalue weighted by Crippen LogP contribution is 2.45. The number of pyridine rings is 1. The van der Waals surface area contributed by atoms with E-state index in [-0.39, 0.29) is 5.41 Å². The number of hydrogen-bond donors (Lipinski definition) is 0. The van der Waals surface area contributed by atoms with Crippen LogP contribution in [0.15, 0.2) is 132 Å². The Labute approximate surface area is 262 Å². The van der Waals surface area contributed by atoms with Gasteiger partial charge < -0.3 is 4.42 Å². The van der Waals surface area contributed by atoms with Gasteiger partial charge in [-0.2, -0.15) is 0 Å². The zero-order valence-electron chi connectivity index (χ0n) is 25.9. The summed E-state index contributed by atoms with van der Waals surface area (Å²) in [5, 5.41) is 1.02. The normalized spacial score (nSPS) is 12.0. The van der Waals surface area contributed by atoms with Gasteiger partial charge in [-0.1, -0.05) is 99.6 Å². The second kappa shape index (κ2) is 10.3. The number of furan rings is 1. The summed E-state index contributed by atoms with van der Waals surface area (Å²) in [6.07, 6.45) is 1.83. The van der Waals surface area contributed by atoms with Crippen molar-refractivity contribution in [3.05, 3.63) is 139 Å². The summed E-state index contributed by atoms with van der Waals surface area (Å²) in [5.41, 5.74) is 13.4. The Morgan fingerprint density at radius 1 is 0.667 bits per heavy atom. The van der Waals surface area contributed by atoms with Crippen molar-refractivity contribution in [3.63, 3.8) is 0 Å². The van der Waals surface area contributed by atoms with Crippen LogP contribution in [0.1, 0.15) is 31.9 Å². The zero-order chi connectivity index (χ0) is 30.7. The number of benzene rings is 5. The molecule has 4 nitrogen and oxygen atoms in total. The Balaban J connectivity index is 1.56. The molecule has 8 rings (SSSR count). The quantitative estimate of drug-likeness (QED) is 0.207. The predicted octanol–water partition coefficient (Wildman–Crippen LogP) is 10.9. The Kier molecular flexibility index (Phi) is 6.21. The lowest BCUT2D eigenvalue weighted by atomic mass is 9.82. The van der Waals surface area contributed by atoms with E-state index in [2.05, 4.69) is 141 Å². The van der Waals surface area contributed by atoms with E-state index in [0.717, 1.165) is 78.0 Å². The summed E-state index contributed by atoms with van der Waals surface area (Å²) in [5.74, 6) is 0.832. The van der Waals surface area contributed by atoms with Crippen molar-refractivity contribution >= 4 is 33.1 Å². The van der Waals surface area contributed by atoms with Crippen LogP contribution in [0.4, 0.5) is 0 Å². The maximum absolute atomic E-state index is 6.58. The molecule has 0 radical (unpaired) electrons. The number of nitrogens with zero attached hydrogens (tertiary/aromatic N) is 3. The minimum atomic E-state index is -0.0597. The highest BCUT2D eigenvalue weighted by Gasteiger charge is 2.27. The third-order valence-electron chi connectivity index (χ3n) is 8.76. The average Bonchev–Trinajstić information content (AvgIpc) is 3.64. The van der Waals surface area contributed by atoms with E-state index in [1.165, 1.54) is 5.56 Å². The van der Waals surface area contributed by atoms with E-state index in [0.29, 0.717) is 0 Å². The van der Waals surface area contributed by atoms with Gasteiger partial charge in [0, 0.05) is 17.3 Å². The molecule has 0 bridgehead atoms. The van der Waals surface area contributed by atoms with Crippen LogP contribution < -0.4 is 0 Å². The Bertz CT molecular complexity index is 2300. The van der Waals surface area contributed by atoms with E-state index in [4.69, 9.17) is 14.4 Å². The van der Waals surface area contributed by atoms with Gasteiger partial charge in [-0.3, -0.25) is 9.55 Å². The number of para-hydroxylation sites is 2. The molecule has 0 saturated heterocycles. The summed E-state index contributed by atoms with van der Waals surface area (Å²) < 4.78 is 8.93. The first-order valence-corrected chi connectivity index (χ1v) is 15.4. The number of fused-ring (bicyclic) bond motifs is 4. The minimum Gasteiger partial charge on any atom is -0.454 e. The first-order valence-electron chi connectivity index (χ1n) is 15.4. The summed E-state index contributed by atoms with van der Waals surface area (Å²) in [4.78, 5) is 10.0. The molecular weight excluding hydrogens is 550 g/mol. The minimum absolute atomic E-state index is 0.0597. The number of aromatic nitrogens is 3. The SMILES string of the molecule is Cc1ccc(-c2nc3ccccc3n2-c2c(-c3ccccc3)cc(C(C)(C)C)cc2-c2ccccc2)c2oc3cccnc3c12. The van der Waals surface area contributed by atoms with Crippen molar-refractivity contribution < 1.29 is 4.42 Å². The lowest BCUT2D eigenvalue weighted by molar-refractivity contribution is 0.590. The number of rotatable bonds is 4. The fraction of sp³-hybridized carbons (Fsp3) is 0.122. The van der Waals surface area contributed by atoms with Gasteiger partial charge in [0.05, 0.1) is 27.7 Å². The summed E-state index contributed by atoms with van der Waals surface area (Å²) in [7, 11) is 0. The van der Waals surface area contributed by atoms with Crippen molar-refractivity contribution in [3.8, 4) is 39.3 Å². The van der Waals surface area contributed by atoms with Crippen LogP contribution in [0.3, 0.4) is 0 Å². The van der Waals surface area contributed by atoms with Gasteiger partial charge in [-0.25, -0.2) is 4.98 Å². The fourth-order valence-electron chi connectivity index (χ4n) is 6.45. The second-order valence-corrected chi connectivity index (χ2v) is 12.7. The Morgan fingerprint density at radius 2 is 1.31 bits per heavy atom.